The summed E-state index contributed by atoms with van der Waals surface area (Å²) in [6.07, 6.45) is 1.28. The first-order valence-electron chi connectivity index (χ1n) is 5.11. The molecule has 2 rings (SSSR count). The topological polar surface area (TPSA) is 65.3 Å². The van der Waals surface area contributed by atoms with Gasteiger partial charge in [-0.3, -0.25) is 10.1 Å². The lowest BCUT2D eigenvalue weighted by Crippen LogP contribution is -1.92. The number of rotatable bonds is 3. The van der Waals surface area contributed by atoms with Crippen molar-refractivity contribution in [2.24, 2.45) is 0 Å². The third-order valence-corrected chi connectivity index (χ3v) is 2.30. The van der Waals surface area contributed by atoms with E-state index in [1.807, 2.05) is 0 Å². The zero-order valence-electron chi connectivity index (χ0n) is 9.46. The van der Waals surface area contributed by atoms with Crippen molar-refractivity contribution < 1.29 is 14.1 Å². The minimum atomic E-state index is -0.646. The molecule has 0 saturated carbocycles. The van der Waals surface area contributed by atoms with Crippen LogP contribution in [0.5, 0.6) is 11.5 Å². The monoisotopic (exact) mass is 248 g/mol. The van der Waals surface area contributed by atoms with Crippen LogP contribution in [0.4, 0.5) is 10.1 Å². The minimum Gasteiger partial charge on any atom is -0.457 e. The van der Waals surface area contributed by atoms with Gasteiger partial charge >= 0.3 is 0 Å². The van der Waals surface area contributed by atoms with Crippen LogP contribution in [0.2, 0.25) is 0 Å². The Labute approximate surface area is 102 Å². The van der Waals surface area contributed by atoms with Crippen molar-refractivity contribution >= 4 is 5.69 Å². The molecule has 92 valence electrons. The van der Waals surface area contributed by atoms with E-state index in [-0.39, 0.29) is 5.69 Å². The molecule has 1 heterocycles. The zero-order chi connectivity index (χ0) is 13.1. The molecule has 0 spiro atoms. The van der Waals surface area contributed by atoms with Crippen LogP contribution in [-0.2, 0) is 0 Å². The van der Waals surface area contributed by atoms with Crippen LogP contribution in [0.1, 0.15) is 5.56 Å². The Morgan fingerprint density at radius 1 is 1.33 bits per heavy atom. The van der Waals surface area contributed by atoms with Crippen LogP contribution in [-0.4, -0.2) is 9.91 Å². The van der Waals surface area contributed by atoms with Gasteiger partial charge in [-0.25, -0.2) is 4.98 Å². The van der Waals surface area contributed by atoms with E-state index in [4.69, 9.17) is 4.74 Å². The van der Waals surface area contributed by atoms with Crippen molar-refractivity contribution in [2.45, 2.75) is 6.92 Å². The van der Waals surface area contributed by atoms with E-state index in [1.165, 1.54) is 30.5 Å². The summed E-state index contributed by atoms with van der Waals surface area (Å²) in [6, 6.07) is 6.85. The number of hydrogen-bond donors (Lipinski definition) is 0. The summed E-state index contributed by atoms with van der Waals surface area (Å²) < 4.78 is 18.3. The van der Waals surface area contributed by atoms with Gasteiger partial charge in [-0.2, -0.15) is 4.39 Å². The van der Waals surface area contributed by atoms with Crippen LogP contribution >= 0.6 is 0 Å². The summed E-state index contributed by atoms with van der Waals surface area (Å²) >= 11 is 0. The average molecular weight is 248 g/mol. The number of halogens is 1. The van der Waals surface area contributed by atoms with Crippen molar-refractivity contribution in [1.82, 2.24) is 4.98 Å². The molecule has 0 fully saturated rings. The quantitative estimate of drug-likeness (QED) is 0.475. The number of hydrogen-bond acceptors (Lipinski definition) is 4. The molecule has 1 aromatic carbocycles. The Morgan fingerprint density at radius 3 is 2.72 bits per heavy atom. The molecule has 0 radical (unpaired) electrons. The Bertz CT molecular complexity index is 602. The van der Waals surface area contributed by atoms with Gasteiger partial charge in [0.05, 0.1) is 4.92 Å². The highest BCUT2D eigenvalue weighted by atomic mass is 19.1. The van der Waals surface area contributed by atoms with E-state index in [9.17, 15) is 14.5 Å². The number of nitrogens with zero attached hydrogens (tertiary/aromatic N) is 2. The molecule has 0 N–H and O–H groups in total. The number of nitro groups is 1. The van der Waals surface area contributed by atoms with Gasteiger partial charge in [0.1, 0.15) is 11.5 Å². The first-order chi connectivity index (χ1) is 8.56. The van der Waals surface area contributed by atoms with Crippen LogP contribution in [0.3, 0.4) is 0 Å². The van der Waals surface area contributed by atoms with Crippen molar-refractivity contribution in [1.29, 1.82) is 0 Å². The Kier molecular flexibility index (Phi) is 3.18. The van der Waals surface area contributed by atoms with Gasteiger partial charge in [-0.15, -0.1) is 0 Å². The molecule has 18 heavy (non-hydrogen) atoms. The molecule has 6 heteroatoms. The highest BCUT2D eigenvalue weighted by molar-refractivity contribution is 5.44. The molecule has 0 amide bonds. The highest BCUT2D eigenvalue weighted by Crippen LogP contribution is 2.27. The minimum absolute atomic E-state index is 0.0132. The SMILES string of the molecule is Cc1cc([N+](=O)[O-])ccc1Oc1ccnc(F)c1. The Morgan fingerprint density at radius 2 is 2.11 bits per heavy atom. The molecular weight excluding hydrogens is 239 g/mol. The highest BCUT2D eigenvalue weighted by Gasteiger charge is 2.09. The van der Waals surface area contributed by atoms with Gasteiger partial charge < -0.3 is 4.74 Å². The molecule has 0 atom stereocenters. The lowest BCUT2D eigenvalue weighted by Gasteiger charge is -2.07. The van der Waals surface area contributed by atoms with Crippen LogP contribution in [0.25, 0.3) is 0 Å². The molecule has 5 nitrogen and oxygen atoms in total. The second-order valence-electron chi connectivity index (χ2n) is 3.62. The van der Waals surface area contributed by atoms with Crippen molar-refractivity contribution in [2.75, 3.05) is 0 Å². The smallest absolute Gasteiger partial charge is 0.269 e. The standard InChI is InChI=1S/C12H9FN2O3/c1-8-6-9(15(16)17)2-3-11(8)18-10-4-5-14-12(13)7-10/h2-7H,1H3. The van der Waals surface area contributed by atoms with Crippen LogP contribution < -0.4 is 4.74 Å². The van der Waals surface area contributed by atoms with E-state index in [0.717, 1.165) is 6.07 Å². The van der Waals surface area contributed by atoms with Gasteiger partial charge in [0.2, 0.25) is 5.95 Å². The van der Waals surface area contributed by atoms with Crippen molar-refractivity contribution in [3.8, 4) is 11.5 Å². The second kappa shape index (κ2) is 4.79. The van der Waals surface area contributed by atoms with Crippen LogP contribution in [0.15, 0.2) is 36.5 Å². The molecule has 0 aliphatic rings. The summed E-state index contributed by atoms with van der Waals surface area (Å²) in [7, 11) is 0. The summed E-state index contributed by atoms with van der Waals surface area (Å²) in [5.41, 5.74) is 0.585. The maximum absolute atomic E-state index is 12.9. The molecule has 2 aromatic rings. The normalized spacial score (nSPS) is 10.1. The molecule has 0 unspecified atom stereocenters. The number of aryl methyl sites for hydroxylation is 1. The van der Waals surface area contributed by atoms with Crippen LogP contribution in [0, 0.1) is 23.0 Å². The molecular formula is C12H9FN2O3. The predicted molar refractivity (Wildman–Crippen MR) is 62.1 cm³/mol. The third kappa shape index (κ3) is 2.60. The lowest BCUT2D eigenvalue weighted by atomic mass is 10.2. The molecule has 1 aromatic heterocycles. The largest absolute Gasteiger partial charge is 0.457 e. The number of benzene rings is 1. The van der Waals surface area contributed by atoms with E-state index < -0.39 is 10.9 Å². The van der Waals surface area contributed by atoms with Gasteiger partial charge in [-0.1, -0.05) is 0 Å². The zero-order valence-corrected chi connectivity index (χ0v) is 9.46. The molecule has 0 bridgehead atoms. The summed E-state index contributed by atoms with van der Waals surface area (Å²) in [4.78, 5) is 13.5. The van der Waals surface area contributed by atoms with Crippen molar-refractivity contribution in [3.05, 3.63) is 58.2 Å². The van der Waals surface area contributed by atoms with Gasteiger partial charge in [0.15, 0.2) is 0 Å². The lowest BCUT2D eigenvalue weighted by molar-refractivity contribution is -0.384. The maximum atomic E-state index is 12.9. The third-order valence-electron chi connectivity index (χ3n) is 2.30. The molecule has 0 aliphatic heterocycles. The first kappa shape index (κ1) is 12.0. The van der Waals surface area contributed by atoms with E-state index in [0.29, 0.717) is 17.1 Å². The summed E-state index contributed by atoms with van der Waals surface area (Å²) in [6.45, 7) is 1.68. The Balaban J connectivity index is 2.27. The maximum Gasteiger partial charge on any atom is 0.269 e. The van der Waals surface area contributed by atoms with E-state index in [2.05, 4.69) is 4.98 Å². The number of pyridine rings is 1. The fourth-order valence-corrected chi connectivity index (χ4v) is 1.44. The Hall–Kier alpha value is -2.50. The number of aromatic nitrogens is 1. The number of nitro benzene ring substituents is 1. The van der Waals surface area contributed by atoms with Gasteiger partial charge in [-0.05, 0) is 24.6 Å². The number of non-ortho nitro benzene ring substituents is 1. The second-order valence-corrected chi connectivity index (χ2v) is 3.62. The first-order valence-corrected chi connectivity index (χ1v) is 5.11. The fraction of sp³-hybridized carbons (Fsp3) is 0.0833. The summed E-state index contributed by atoms with van der Waals surface area (Å²) in [5.74, 6) is 0.0812. The fourth-order valence-electron chi connectivity index (χ4n) is 1.44. The van der Waals surface area contributed by atoms with E-state index in [1.54, 1.807) is 6.92 Å². The molecule has 0 aliphatic carbocycles. The van der Waals surface area contributed by atoms with Gasteiger partial charge in [0, 0.05) is 24.4 Å². The molecule has 0 saturated heterocycles. The predicted octanol–water partition coefficient (Wildman–Crippen LogP) is 3.23. The van der Waals surface area contributed by atoms with E-state index >= 15 is 0 Å². The summed E-state index contributed by atoms with van der Waals surface area (Å²) in [5, 5.41) is 10.6. The number of ether oxygens (including phenoxy) is 1. The van der Waals surface area contributed by atoms with Gasteiger partial charge in [0.25, 0.3) is 5.69 Å². The average Bonchev–Trinajstić information content (AvgIpc) is 2.31. The van der Waals surface area contributed by atoms with Crippen molar-refractivity contribution in [3.63, 3.8) is 0 Å².